The maximum Gasteiger partial charge on any atom is 0.255 e. The van der Waals surface area contributed by atoms with Gasteiger partial charge in [0.1, 0.15) is 5.82 Å². The first-order valence-corrected chi connectivity index (χ1v) is 9.94. The molecule has 4 rings (SSSR count). The zero-order chi connectivity index (χ0) is 20.5. The van der Waals surface area contributed by atoms with Crippen molar-refractivity contribution in [3.8, 4) is 5.69 Å². The van der Waals surface area contributed by atoms with Gasteiger partial charge in [0.2, 0.25) is 0 Å². The van der Waals surface area contributed by atoms with Gasteiger partial charge < -0.3 is 9.80 Å². The molecule has 0 N–H and O–H groups in total. The zero-order valence-electron chi connectivity index (χ0n) is 16.4. The van der Waals surface area contributed by atoms with E-state index in [0.717, 1.165) is 22.8 Å². The number of benzene rings is 2. The fourth-order valence-electron chi connectivity index (χ4n) is 3.88. The molecular weight excluding hydrogens is 391 g/mol. The van der Waals surface area contributed by atoms with Gasteiger partial charge in [-0.15, -0.1) is 0 Å². The normalized spacial score (nSPS) is 14.3. The van der Waals surface area contributed by atoms with Crippen LogP contribution in [0.1, 0.15) is 21.7 Å². The molecule has 1 aliphatic rings. The largest absolute Gasteiger partial charge is 0.365 e. The number of aryl methyl sites for hydroxylation is 1. The van der Waals surface area contributed by atoms with E-state index >= 15 is 0 Å². The molecule has 2 aromatic carbocycles. The summed E-state index contributed by atoms with van der Waals surface area (Å²) >= 11 is 6.06. The van der Waals surface area contributed by atoms with E-state index in [9.17, 15) is 9.18 Å². The highest BCUT2D eigenvalue weighted by Crippen LogP contribution is 2.28. The Morgan fingerprint density at radius 3 is 2.38 bits per heavy atom. The van der Waals surface area contributed by atoms with Gasteiger partial charge in [-0.05, 0) is 44.2 Å². The third-order valence-corrected chi connectivity index (χ3v) is 5.61. The van der Waals surface area contributed by atoms with Crippen LogP contribution in [-0.4, -0.2) is 46.8 Å². The van der Waals surface area contributed by atoms with Crippen LogP contribution in [0.4, 0.5) is 10.1 Å². The molecule has 0 radical (unpaired) electrons. The standard InChI is InChI=1S/C22H22ClFN4O/c1-15-21(16(2)28(25-15)18-6-4-3-5-7-18)26-10-12-27(13-11-26)22(29)19-9-8-17(24)14-20(19)23/h3-9,14H,10-13H2,1-2H3. The highest BCUT2D eigenvalue weighted by molar-refractivity contribution is 6.33. The van der Waals surface area contributed by atoms with E-state index in [4.69, 9.17) is 16.7 Å². The maximum atomic E-state index is 13.3. The van der Waals surface area contributed by atoms with Crippen LogP contribution >= 0.6 is 11.6 Å². The lowest BCUT2D eigenvalue weighted by atomic mass is 10.1. The summed E-state index contributed by atoms with van der Waals surface area (Å²) in [5, 5.41) is 4.87. The number of halogens is 2. The SMILES string of the molecule is Cc1nn(-c2ccccc2)c(C)c1N1CCN(C(=O)c2ccc(F)cc2Cl)CC1. The number of para-hydroxylation sites is 1. The molecule has 0 aliphatic carbocycles. The first-order chi connectivity index (χ1) is 14.0. The van der Waals surface area contributed by atoms with Gasteiger partial charge in [-0.1, -0.05) is 29.8 Å². The molecule has 0 spiro atoms. The maximum absolute atomic E-state index is 13.3. The van der Waals surface area contributed by atoms with Gasteiger partial charge >= 0.3 is 0 Å². The summed E-state index contributed by atoms with van der Waals surface area (Å²) in [6.45, 7) is 6.62. The molecule has 1 aromatic heterocycles. The highest BCUT2D eigenvalue weighted by atomic mass is 35.5. The molecule has 3 aromatic rings. The molecule has 2 heterocycles. The van der Waals surface area contributed by atoms with Gasteiger partial charge in [0.25, 0.3) is 5.91 Å². The van der Waals surface area contributed by atoms with Gasteiger partial charge in [-0.2, -0.15) is 5.10 Å². The summed E-state index contributed by atoms with van der Waals surface area (Å²) in [5.74, 6) is -0.610. The van der Waals surface area contributed by atoms with E-state index < -0.39 is 5.82 Å². The fraction of sp³-hybridized carbons (Fsp3) is 0.273. The van der Waals surface area contributed by atoms with E-state index in [1.807, 2.05) is 41.9 Å². The Bertz CT molecular complexity index is 1040. The third kappa shape index (κ3) is 3.72. The Morgan fingerprint density at radius 2 is 1.72 bits per heavy atom. The van der Waals surface area contributed by atoms with Crippen molar-refractivity contribution in [3.05, 3.63) is 76.3 Å². The number of carbonyl (C=O) groups is 1. The minimum Gasteiger partial charge on any atom is -0.365 e. The number of hydrogen-bond donors (Lipinski definition) is 0. The van der Waals surface area contributed by atoms with Gasteiger partial charge in [-0.3, -0.25) is 4.79 Å². The molecule has 7 heteroatoms. The molecule has 0 atom stereocenters. The number of hydrogen-bond acceptors (Lipinski definition) is 3. The molecule has 1 aliphatic heterocycles. The second-order valence-electron chi connectivity index (χ2n) is 7.17. The van der Waals surface area contributed by atoms with Crippen molar-refractivity contribution in [1.29, 1.82) is 0 Å². The van der Waals surface area contributed by atoms with Crippen molar-refractivity contribution in [2.75, 3.05) is 31.1 Å². The second-order valence-corrected chi connectivity index (χ2v) is 7.58. The quantitative estimate of drug-likeness (QED) is 0.646. The topological polar surface area (TPSA) is 41.4 Å². The summed E-state index contributed by atoms with van der Waals surface area (Å²) in [6.07, 6.45) is 0. The number of piperazine rings is 1. The van der Waals surface area contributed by atoms with Crippen LogP contribution in [0, 0.1) is 19.7 Å². The molecule has 0 bridgehead atoms. The monoisotopic (exact) mass is 412 g/mol. The van der Waals surface area contributed by atoms with Gasteiger partial charge in [-0.25, -0.2) is 9.07 Å². The molecule has 1 saturated heterocycles. The fourth-order valence-corrected chi connectivity index (χ4v) is 4.13. The van der Waals surface area contributed by atoms with Crippen molar-refractivity contribution in [2.45, 2.75) is 13.8 Å². The van der Waals surface area contributed by atoms with Gasteiger partial charge in [0, 0.05) is 26.2 Å². The lowest BCUT2D eigenvalue weighted by molar-refractivity contribution is 0.0747. The van der Waals surface area contributed by atoms with Crippen LogP contribution in [-0.2, 0) is 0 Å². The number of rotatable bonds is 3. The van der Waals surface area contributed by atoms with Crippen LogP contribution < -0.4 is 4.90 Å². The number of nitrogens with zero attached hydrogens (tertiary/aromatic N) is 4. The number of aromatic nitrogens is 2. The molecule has 1 fully saturated rings. The van der Waals surface area contributed by atoms with Crippen molar-refractivity contribution in [1.82, 2.24) is 14.7 Å². The Kier molecular flexibility index (Phi) is 5.28. The predicted octanol–water partition coefficient (Wildman–Crippen LogP) is 4.24. The van der Waals surface area contributed by atoms with Crippen LogP contribution in [0.5, 0.6) is 0 Å². The predicted molar refractivity (Wildman–Crippen MR) is 113 cm³/mol. The number of carbonyl (C=O) groups excluding carboxylic acids is 1. The van der Waals surface area contributed by atoms with E-state index in [1.54, 1.807) is 4.90 Å². The van der Waals surface area contributed by atoms with Crippen molar-refractivity contribution in [2.24, 2.45) is 0 Å². The Hall–Kier alpha value is -2.86. The summed E-state index contributed by atoms with van der Waals surface area (Å²) < 4.78 is 15.2. The lowest BCUT2D eigenvalue weighted by Gasteiger charge is -2.36. The molecule has 0 unspecified atom stereocenters. The Labute approximate surface area is 174 Å². The van der Waals surface area contributed by atoms with Crippen LogP contribution in [0.3, 0.4) is 0 Å². The molecule has 5 nitrogen and oxygen atoms in total. The molecule has 1 amide bonds. The first-order valence-electron chi connectivity index (χ1n) is 9.56. The van der Waals surface area contributed by atoms with E-state index in [2.05, 4.69) is 11.8 Å². The van der Waals surface area contributed by atoms with Gasteiger partial charge in [0.05, 0.1) is 33.3 Å². The second kappa shape index (κ2) is 7.87. The van der Waals surface area contributed by atoms with Crippen molar-refractivity contribution >= 4 is 23.2 Å². The van der Waals surface area contributed by atoms with Crippen LogP contribution in [0.25, 0.3) is 5.69 Å². The lowest BCUT2D eigenvalue weighted by Crippen LogP contribution is -2.49. The molecule has 29 heavy (non-hydrogen) atoms. The summed E-state index contributed by atoms with van der Waals surface area (Å²) in [7, 11) is 0. The molecular formula is C22H22ClFN4O. The minimum absolute atomic E-state index is 0.147. The minimum atomic E-state index is -0.447. The summed E-state index contributed by atoms with van der Waals surface area (Å²) in [4.78, 5) is 16.8. The highest BCUT2D eigenvalue weighted by Gasteiger charge is 2.27. The molecule has 0 saturated carbocycles. The summed E-state index contributed by atoms with van der Waals surface area (Å²) in [6, 6.07) is 13.9. The smallest absolute Gasteiger partial charge is 0.255 e. The van der Waals surface area contributed by atoms with E-state index in [-0.39, 0.29) is 10.9 Å². The van der Waals surface area contributed by atoms with Gasteiger partial charge in [0.15, 0.2) is 0 Å². The van der Waals surface area contributed by atoms with Crippen LogP contribution in [0.2, 0.25) is 5.02 Å². The van der Waals surface area contributed by atoms with Crippen molar-refractivity contribution < 1.29 is 9.18 Å². The van der Waals surface area contributed by atoms with E-state index in [1.165, 1.54) is 18.2 Å². The average molecular weight is 413 g/mol. The third-order valence-electron chi connectivity index (χ3n) is 5.30. The molecule has 150 valence electrons. The first kappa shape index (κ1) is 19.5. The van der Waals surface area contributed by atoms with Crippen molar-refractivity contribution in [3.63, 3.8) is 0 Å². The zero-order valence-corrected chi connectivity index (χ0v) is 17.2. The average Bonchev–Trinajstić information content (AvgIpc) is 3.02. The van der Waals surface area contributed by atoms with Crippen LogP contribution in [0.15, 0.2) is 48.5 Å². The number of anilines is 1. The number of amides is 1. The Balaban J connectivity index is 1.50. The summed E-state index contributed by atoms with van der Waals surface area (Å²) in [5.41, 5.74) is 4.52. The Morgan fingerprint density at radius 1 is 1.03 bits per heavy atom. The van der Waals surface area contributed by atoms with E-state index in [0.29, 0.717) is 31.7 Å².